The Labute approximate surface area is 189 Å². The Kier molecular flexibility index (Phi) is 5.03. The first kappa shape index (κ1) is 21.0. The number of carbonyl (C=O) groups excluding carboxylic acids is 1. The minimum Gasteiger partial charge on any atom is -0.481 e. The van der Waals surface area contributed by atoms with E-state index < -0.39 is 11.9 Å². The highest BCUT2D eigenvalue weighted by atomic mass is 16.6. The van der Waals surface area contributed by atoms with Crippen molar-refractivity contribution in [1.29, 1.82) is 0 Å². The molecule has 1 aliphatic heterocycles. The van der Waals surface area contributed by atoms with Crippen molar-refractivity contribution in [3.63, 3.8) is 0 Å². The molecule has 1 amide bonds. The summed E-state index contributed by atoms with van der Waals surface area (Å²) in [5.74, 6) is -1.30. The van der Waals surface area contributed by atoms with Crippen LogP contribution in [0.5, 0.6) is 0 Å². The van der Waals surface area contributed by atoms with Crippen LogP contribution >= 0.6 is 0 Å². The number of likely N-dealkylation sites (tertiary alicyclic amines) is 1. The highest BCUT2D eigenvalue weighted by Crippen LogP contribution is 2.52. The fourth-order valence-electron chi connectivity index (χ4n) is 6.06. The largest absolute Gasteiger partial charge is 0.481 e. The summed E-state index contributed by atoms with van der Waals surface area (Å²) >= 11 is 0. The molecule has 5 rings (SSSR count). The number of hydrogen-bond acceptors (Lipinski definition) is 3. The normalized spacial score (nSPS) is 23.1. The SMILES string of the molecule is CC1(C)CCC2(CC1)CN(C(=O)OCC1c3ccccc3-c3ccccc31)CC2C(=O)O. The number of ether oxygens (including phenoxy) is 1. The average Bonchev–Trinajstić information content (AvgIpc) is 3.31. The first-order valence-electron chi connectivity index (χ1n) is 11.6. The zero-order valence-corrected chi connectivity index (χ0v) is 18.8. The average molecular weight is 434 g/mol. The first-order valence-corrected chi connectivity index (χ1v) is 11.6. The molecule has 1 atom stereocenters. The van der Waals surface area contributed by atoms with E-state index >= 15 is 0 Å². The van der Waals surface area contributed by atoms with E-state index in [1.165, 1.54) is 22.3 Å². The molecule has 2 aromatic carbocycles. The van der Waals surface area contributed by atoms with Gasteiger partial charge < -0.3 is 14.7 Å². The Bertz CT molecular complexity index is 1000. The van der Waals surface area contributed by atoms with E-state index in [0.29, 0.717) is 6.54 Å². The number of fused-ring (bicyclic) bond motifs is 3. The maximum absolute atomic E-state index is 13.1. The molecule has 2 fully saturated rings. The quantitative estimate of drug-likeness (QED) is 0.690. The van der Waals surface area contributed by atoms with Crippen LogP contribution in [-0.2, 0) is 9.53 Å². The smallest absolute Gasteiger partial charge is 0.409 e. The first-order chi connectivity index (χ1) is 15.3. The molecule has 168 valence electrons. The van der Waals surface area contributed by atoms with E-state index in [-0.39, 0.29) is 36.0 Å². The van der Waals surface area contributed by atoms with Gasteiger partial charge in [-0.1, -0.05) is 62.4 Å². The number of carboxylic acid groups (broad SMARTS) is 1. The Morgan fingerprint density at radius 3 is 2.09 bits per heavy atom. The molecule has 32 heavy (non-hydrogen) atoms. The Morgan fingerprint density at radius 1 is 0.969 bits per heavy atom. The summed E-state index contributed by atoms with van der Waals surface area (Å²) in [6.07, 6.45) is 3.30. The molecule has 1 saturated heterocycles. The molecule has 0 bridgehead atoms. The molecule has 2 aliphatic carbocycles. The molecule has 2 aromatic rings. The molecule has 1 heterocycles. The predicted octanol–water partition coefficient (Wildman–Crippen LogP) is 5.54. The van der Waals surface area contributed by atoms with Gasteiger partial charge in [-0.15, -0.1) is 0 Å². The number of hydrogen-bond donors (Lipinski definition) is 1. The third-order valence-electron chi connectivity index (χ3n) is 8.14. The zero-order chi connectivity index (χ0) is 22.5. The maximum atomic E-state index is 13.1. The Balaban J connectivity index is 1.31. The van der Waals surface area contributed by atoms with Crippen LogP contribution in [0.3, 0.4) is 0 Å². The molecule has 1 saturated carbocycles. The number of aliphatic carboxylic acids is 1. The van der Waals surface area contributed by atoms with Crippen molar-refractivity contribution in [3.8, 4) is 11.1 Å². The van der Waals surface area contributed by atoms with Crippen LogP contribution in [-0.4, -0.2) is 41.8 Å². The maximum Gasteiger partial charge on any atom is 0.409 e. The molecular formula is C27H31NO4. The summed E-state index contributed by atoms with van der Waals surface area (Å²) in [6, 6.07) is 16.5. The van der Waals surface area contributed by atoms with E-state index in [9.17, 15) is 14.7 Å². The van der Waals surface area contributed by atoms with E-state index in [2.05, 4.69) is 38.1 Å². The van der Waals surface area contributed by atoms with E-state index in [4.69, 9.17) is 4.74 Å². The van der Waals surface area contributed by atoms with Crippen LogP contribution < -0.4 is 0 Å². The summed E-state index contributed by atoms with van der Waals surface area (Å²) < 4.78 is 5.82. The molecule has 0 radical (unpaired) electrons. The second-order valence-corrected chi connectivity index (χ2v) is 10.6. The molecule has 5 heteroatoms. The Hall–Kier alpha value is -2.82. The van der Waals surface area contributed by atoms with Crippen molar-refractivity contribution < 1.29 is 19.4 Å². The monoisotopic (exact) mass is 433 g/mol. The van der Waals surface area contributed by atoms with Gasteiger partial charge in [0, 0.05) is 24.4 Å². The van der Waals surface area contributed by atoms with Gasteiger partial charge in [0.05, 0.1) is 5.92 Å². The van der Waals surface area contributed by atoms with Gasteiger partial charge in [-0.2, -0.15) is 0 Å². The standard InChI is InChI=1S/C27H31NO4/c1-26(2)11-13-27(14-12-26)17-28(15-23(27)24(29)30)25(31)32-16-22-20-9-5-3-7-18(20)19-8-4-6-10-21(19)22/h3-10,22-23H,11-17H2,1-2H3,(H,29,30). The molecule has 0 aromatic heterocycles. The predicted molar refractivity (Wildman–Crippen MR) is 122 cm³/mol. The van der Waals surface area contributed by atoms with E-state index in [1.807, 2.05) is 24.3 Å². The lowest BCUT2D eigenvalue weighted by molar-refractivity contribution is -0.146. The van der Waals surface area contributed by atoms with Crippen molar-refractivity contribution in [1.82, 2.24) is 4.90 Å². The van der Waals surface area contributed by atoms with Crippen LogP contribution in [0, 0.1) is 16.7 Å². The summed E-state index contributed by atoms with van der Waals surface area (Å²) in [4.78, 5) is 26.8. The van der Waals surface area contributed by atoms with E-state index in [1.54, 1.807) is 4.90 Å². The van der Waals surface area contributed by atoms with Crippen LogP contribution in [0.4, 0.5) is 4.79 Å². The lowest BCUT2D eigenvalue weighted by Gasteiger charge is -2.43. The number of carboxylic acids is 1. The fraction of sp³-hybridized carbons (Fsp3) is 0.481. The molecule has 1 N–H and O–H groups in total. The van der Waals surface area contributed by atoms with Crippen molar-refractivity contribution in [2.45, 2.75) is 45.4 Å². The van der Waals surface area contributed by atoms with Crippen LogP contribution in [0.25, 0.3) is 11.1 Å². The molecular weight excluding hydrogens is 402 g/mol. The highest BCUT2D eigenvalue weighted by Gasteiger charge is 2.54. The minimum atomic E-state index is -0.793. The molecule has 1 spiro atoms. The number of amides is 1. The van der Waals surface area contributed by atoms with Gasteiger partial charge >= 0.3 is 12.1 Å². The van der Waals surface area contributed by atoms with Gasteiger partial charge in [0.1, 0.15) is 6.61 Å². The number of rotatable bonds is 3. The Morgan fingerprint density at radius 2 is 1.53 bits per heavy atom. The summed E-state index contributed by atoms with van der Waals surface area (Å²) in [5.41, 5.74) is 4.66. The summed E-state index contributed by atoms with van der Waals surface area (Å²) in [7, 11) is 0. The van der Waals surface area contributed by atoms with Gasteiger partial charge in [0.2, 0.25) is 0 Å². The lowest BCUT2D eigenvalue weighted by atomic mass is 9.61. The third kappa shape index (κ3) is 3.48. The molecule has 3 aliphatic rings. The summed E-state index contributed by atoms with van der Waals surface area (Å²) in [6.45, 7) is 5.48. The van der Waals surface area contributed by atoms with Gasteiger partial charge in [0.15, 0.2) is 0 Å². The van der Waals surface area contributed by atoms with Gasteiger partial charge in [-0.25, -0.2) is 4.79 Å². The van der Waals surface area contributed by atoms with Crippen molar-refractivity contribution >= 4 is 12.1 Å². The molecule has 5 nitrogen and oxygen atoms in total. The minimum absolute atomic E-state index is 0.00802. The van der Waals surface area contributed by atoms with Crippen LogP contribution in [0.2, 0.25) is 0 Å². The van der Waals surface area contributed by atoms with Crippen molar-refractivity contribution in [2.75, 3.05) is 19.7 Å². The van der Waals surface area contributed by atoms with Gasteiger partial charge in [0.25, 0.3) is 0 Å². The number of carbonyl (C=O) groups is 2. The lowest BCUT2D eigenvalue weighted by Crippen LogP contribution is -2.40. The highest BCUT2D eigenvalue weighted by molar-refractivity contribution is 5.79. The van der Waals surface area contributed by atoms with Crippen molar-refractivity contribution in [2.24, 2.45) is 16.7 Å². The van der Waals surface area contributed by atoms with Gasteiger partial charge in [-0.3, -0.25) is 4.79 Å². The zero-order valence-electron chi connectivity index (χ0n) is 18.8. The van der Waals surface area contributed by atoms with Crippen molar-refractivity contribution in [3.05, 3.63) is 59.7 Å². The van der Waals surface area contributed by atoms with Crippen LogP contribution in [0.15, 0.2) is 48.5 Å². The topological polar surface area (TPSA) is 66.8 Å². The van der Waals surface area contributed by atoms with Crippen LogP contribution in [0.1, 0.15) is 56.6 Å². The number of nitrogens with zero attached hydrogens (tertiary/aromatic N) is 1. The summed E-state index contributed by atoms with van der Waals surface area (Å²) in [5, 5.41) is 9.90. The third-order valence-corrected chi connectivity index (χ3v) is 8.14. The molecule has 1 unspecified atom stereocenters. The second-order valence-electron chi connectivity index (χ2n) is 10.6. The van der Waals surface area contributed by atoms with Gasteiger partial charge in [-0.05, 0) is 53.4 Å². The van der Waals surface area contributed by atoms with E-state index in [0.717, 1.165) is 25.7 Å². The second kappa shape index (κ2) is 7.65. The fourth-order valence-corrected chi connectivity index (χ4v) is 6.06. The number of benzene rings is 2.